The van der Waals surface area contributed by atoms with Gasteiger partial charge in [0.15, 0.2) is 5.79 Å². The smallest absolute Gasteiger partial charge is 0.267 e. The highest BCUT2D eigenvalue weighted by molar-refractivity contribution is 6.02. The highest BCUT2D eigenvalue weighted by atomic mass is 16.7. The van der Waals surface area contributed by atoms with Crippen molar-refractivity contribution in [2.45, 2.75) is 37.9 Å². The van der Waals surface area contributed by atoms with Crippen molar-refractivity contribution in [1.29, 1.82) is 5.26 Å². The van der Waals surface area contributed by atoms with Crippen molar-refractivity contribution < 1.29 is 14.3 Å². The van der Waals surface area contributed by atoms with Crippen LogP contribution in [0.1, 0.15) is 37.7 Å². The molecule has 0 N–H and O–H groups in total. The van der Waals surface area contributed by atoms with Gasteiger partial charge in [-0.1, -0.05) is 6.07 Å². The van der Waals surface area contributed by atoms with Gasteiger partial charge in [0, 0.05) is 45.2 Å². The zero-order valence-corrected chi connectivity index (χ0v) is 18.5. The summed E-state index contributed by atoms with van der Waals surface area (Å²) in [7, 11) is 0. The second kappa shape index (κ2) is 8.96. The van der Waals surface area contributed by atoms with Crippen LogP contribution in [-0.4, -0.2) is 65.4 Å². The molecule has 5 heterocycles. The molecule has 9 heteroatoms. The number of piperidine rings is 2. The summed E-state index contributed by atoms with van der Waals surface area (Å²) >= 11 is 0. The first-order valence-corrected chi connectivity index (χ1v) is 11.6. The monoisotopic (exact) mass is 449 g/mol. The zero-order chi connectivity index (χ0) is 22.8. The van der Waals surface area contributed by atoms with Gasteiger partial charge in [-0.05, 0) is 37.5 Å². The molecule has 3 saturated heterocycles. The Hall–Kier alpha value is -3.22. The van der Waals surface area contributed by atoms with Gasteiger partial charge >= 0.3 is 0 Å². The van der Waals surface area contributed by atoms with Crippen molar-refractivity contribution in [3.63, 3.8) is 0 Å². The molecule has 172 valence electrons. The Bertz CT molecular complexity index is 1180. The lowest BCUT2D eigenvalue weighted by Crippen LogP contribution is -2.46. The Morgan fingerprint density at radius 3 is 2.52 bits per heavy atom. The molecule has 2 aromatic rings. The van der Waals surface area contributed by atoms with Gasteiger partial charge in [-0.2, -0.15) is 5.26 Å². The van der Waals surface area contributed by atoms with E-state index in [2.05, 4.69) is 0 Å². The van der Waals surface area contributed by atoms with Crippen LogP contribution >= 0.6 is 0 Å². The Balaban J connectivity index is 1.54. The molecule has 0 atom stereocenters. The fourth-order valence-corrected chi connectivity index (χ4v) is 4.86. The molecule has 3 fully saturated rings. The average molecular weight is 450 g/mol. The maximum atomic E-state index is 13.5. The molecule has 0 aromatic carbocycles. The minimum atomic E-state index is -0.555. The Morgan fingerprint density at radius 2 is 1.82 bits per heavy atom. The number of amides is 1. The van der Waals surface area contributed by atoms with E-state index in [9.17, 15) is 14.9 Å². The number of hydrogen-bond donors (Lipinski definition) is 0. The van der Waals surface area contributed by atoms with Crippen LogP contribution in [-0.2, 0) is 14.3 Å². The van der Waals surface area contributed by atoms with Gasteiger partial charge in [-0.3, -0.25) is 14.0 Å². The number of carbonyl (C=O) groups excluding carboxylic acids is 1. The molecule has 1 amide bonds. The Morgan fingerprint density at radius 1 is 1.09 bits per heavy atom. The van der Waals surface area contributed by atoms with Crippen molar-refractivity contribution >= 4 is 23.4 Å². The molecule has 0 bridgehead atoms. The maximum absolute atomic E-state index is 13.5. The summed E-state index contributed by atoms with van der Waals surface area (Å²) < 4.78 is 13.1. The average Bonchev–Trinajstić information content (AvgIpc) is 3.32. The van der Waals surface area contributed by atoms with E-state index >= 15 is 0 Å². The fourth-order valence-electron chi connectivity index (χ4n) is 4.86. The van der Waals surface area contributed by atoms with Crippen molar-refractivity contribution in [3.8, 4) is 6.07 Å². The molecule has 33 heavy (non-hydrogen) atoms. The highest BCUT2D eigenvalue weighted by Gasteiger charge is 2.40. The normalized spacial score (nSPS) is 20.9. The van der Waals surface area contributed by atoms with Crippen molar-refractivity contribution in [3.05, 3.63) is 45.9 Å². The largest absolute Gasteiger partial charge is 0.355 e. The van der Waals surface area contributed by atoms with Crippen LogP contribution in [0.5, 0.6) is 0 Å². The highest BCUT2D eigenvalue weighted by Crippen LogP contribution is 2.33. The number of rotatable bonds is 3. The van der Waals surface area contributed by atoms with E-state index in [-0.39, 0.29) is 22.6 Å². The van der Waals surface area contributed by atoms with Crippen LogP contribution in [0.2, 0.25) is 0 Å². The van der Waals surface area contributed by atoms with E-state index in [1.165, 1.54) is 10.5 Å². The first-order valence-electron chi connectivity index (χ1n) is 11.6. The van der Waals surface area contributed by atoms with Crippen LogP contribution in [0.25, 0.3) is 11.7 Å². The van der Waals surface area contributed by atoms with Gasteiger partial charge in [-0.15, -0.1) is 0 Å². The van der Waals surface area contributed by atoms with E-state index in [1.807, 2.05) is 17.0 Å². The second-order valence-corrected chi connectivity index (χ2v) is 8.70. The molecule has 0 aliphatic carbocycles. The van der Waals surface area contributed by atoms with Gasteiger partial charge < -0.3 is 19.3 Å². The number of likely N-dealkylation sites (tertiary alicyclic amines) is 1. The van der Waals surface area contributed by atoms with Gasteiger partial charge in [0.05, 0.1) is 18.8 Å². The maximum Gasteiger partial charge on any atom is 0.267 e. The fraction of sp³-hybridized carbons (Fsp3) is 0.500. The summed E-state index contributed by atoms with van der Waals surface area (Å²) in [6.45, 7) is 3.64. The lowest BCUT2D eigenvalue weighted by molar-refractivity contribution is -0.169. The van der Waals surface area contributed by atoms with Gasteiger partial charge in [0.2, 0.25) is 0 Å². The van der Waals surface area contributed by atoms with Crippen LogP contribution < -0.4 is 10.5 Å². The number of nitrogens with zero attached hydrogens (tertiary/aromatic N) is 5. The summed E-state index contributed by atoms with van der Waals surface area (Å²) in [6.07, 6.45) is 7.32. The quantitative estimate of drug-likeness (QED) is 0.522. The number of ether oxygens (including phenoxy) is 2. The molecule has 9 nitrogen and oxygen atoms in total. The topological polar surface area (TPSA) is 100 Å². The van der Waals surface area contributed by atoms with Crippen LogP contribution in [0.4, 0.5) is 5.82 Å². The third-order valence-electron chi connectivity index (χ3n) is 6.67. The summed E-state index contributed by atoms with van der Waals surface area (Å²) in [5, 5.41) is 9.79. The van der Waals surface area contributed by atoms with Crippen molar-refractivity contribution in [2.24, 2.45) is 0 Å². The predicted octanol–water partition coefficient (Wildman–Crippen LogP) is 1.96. The van der Waals surface area contributed by atoms with Gasteiger partial charge in [0.25, 0.3) is 11.5 Å². The molecule has 5 rings (SSSR count). The molecular weight excluding hydrogens is 422 g/mol. The first-order chi connectivity index (χ1) is 16.1. The molecule has 2 aromatic heterocycles. The molecule has 3 aliphatic rings. The van der Waals surface area contributed by atoms with Crippen molar-refractivity contribution in [2.75, 3.05) is 44.3 Å². The molecule has 3 aliphatic heterocycles. The van der Waals surface area contributed by atoms with Crippen LogP contribution in [0.3, 0.4) is 0 Å². The van der Waals surface area contributed by atoms with Gasteiger partial charge in [-0.25, -0.2) is 4.98 Å². The molecule has 0 saturated carbocycles. The summed E-state index contributed by atoms with van der Waals surface area (Å²) in [5.74, 6) is -0.398. The second-order valence-electron chi connectivity index (χ2n) is 8.70. The lowest BCUT2D eigenvalue weighted by Gasteiger charge is -2.38. The summed E-state index contributed by atoms with van der Waals surface area (Å²) in [6, 6.07) is 7.39. The van der Waals surface area contributed by atoms with E-state index < -0.39 is 5.79 Å². The first kappa shape index (κ1) is 21.6. The van der Waals surface area contributed by atoms with Crippen LogP contribution in [0, 0.1) is 11.3 Å². The molecule has 1 spiro atoms. The van der Waals surface area contributed by atoms with Gasteiger partial charge in [0.1, 0.15) is 23.1 Å². The van der Waals surface area contributed by atoms with Crippen LogP contribution in [0.15, 0.2) is 34.8 Å². The predicted molar refractivity (Wildman–Crippen MR) is 122 cm³/mol. The van der Waals surface area contributed by atoms with E-state index in [0.29, 0.717) is 63.7 Å². The molecule has 0 radical (unpaired) electrons. The number of fused-ring (bicyclic) bond motifs is 1. The van der Waals surface area contributed by atoms with E-state index in [1.54, 1.807) is 23.2 Å². The lowest BCUT2D eigenvalue weighted by atomic mass is 10.0. The summed E-state index contributed by atoms with van der Waals surface area (Å²) in [4.78, 5) is 35.0. The standard InChI is InChI=1S/C24H27N5O4/c25-17-18(22(30)28-9-3-1-4-10-28)16-19-21(26-20-6-2-5-11-29(20)23(19)31)27-12-7-24(8-13-27)32-14-15-33-24/h2,5-6,11,16H,1,3-4,7-10,12-15H2. The number of nitriles is 1. The minimum Gasteiger partial charge on any atom is -0.355 e. The zero-order valence-electron chi connectivity index (χ0n) is 18.5. The molecular formula is C24H27N5O4. The number of hydrogen-bond acceptors (Lipinski definition) is 7. The SMILES string of the molecule is N#CC(=Cc1c(N2CCC3(CC2)OCCO3)nc2ccccn2c1=O)C(=O)N1CCCCC1. The number of aromatic nitrogens is 2. The Labute approximate surface area is 191 Å². The van der Waals surface area contributed by atoms with Crippen molar-refractivity contribution in [1.82, 2.24) is 14.3 Å². The minimum absolute atomic E-state index is 0.0381. The third-order valence-corrected chi connectivity index (χ3v) is 6.67. The van der Waals surface area contributed by atoms with E-state index in [4.69, 9.17) is 14.5 Å². The third kappa shape index (κ3) is 4.12. The van der Waals surface area contributed by atoms with E-state index in [0.717, 1.165) is 19.3 Å². The molecule has 0 unspecified atom stereocenters. The number of carbonyl (C=O) groups is 1. The number of anilines is 1. The summed E-state index contributed by atoms with van der Waals surface area (Å²) in [5.41, 5.74) is 0.432. The Kier molecular flexibility index (Phi) is 5.87. The number of pyridine rings is 1.